The largest absolute Gasteiger partial charge is 0.325 e. The number of hydrogen-bond acceptors (Lipinski definition) is 6. The minimum absolute atomic E-state index is 0.165. The molecule has 10 heteroatoms. The van der Waals surface area contributed by atoms with Crippen molar-refractivity contribution in [2.75, 3.05) is 16.4 Å². The molecule has 2 amide bonds. The van der Waals surface area contributed by atoms with Crippen molar-refractivity contribution in [2.45, 2.75) is 11.3 Å². The molecule has 0 spiro atoms. The average molecular weight is 498 g/mol. The van der Waals surface area contributed by atoms with E-state index in [1.54, 1.807) is 36.4 Å². The summed E-state index contributed by atoms with van der Waals surface area (Å²) in [6.45, 7) is 1.84. The molecule has 1 aromatic heterocycles. The van der Waals surface area contributed by atoms with Crippen molar-refractivity contribution in [1.29, 1.82) is 0 Å². The molecule has 0 saturated heterocycles. The van der Waals surface area contributed by atoms with E-state index in [1.165, 1.54) is 23.1 Å². The van der Waals surface area contributed by atoms with Gasteiger partial charge in [-0.1, -0.05) is 52.9 Å². The van der Waals surface area contributed by atoms with Gasteiger partial charge in [0, 0.05) is 15.2 Å². The van der Waals surface area contributed by atoms with Gasteiger partial charge in [-0.15, -0.1) is 10.2 Å². The summed E-state index contributed by atoms with van der Waals surface area (Å²) in [7, 11) is 0. The van der Waals surface area contributed by atoms with Crippen LogP contribution in [0, 0.1) is 6.92 Å². The van der Waals surface area contributed by atoms with Gasteiger partial charge in [-0.3, -0.25) is 14.9 Å². The van der Waals surface area contributed by atoms with Crippen LogP contribution in [-0.2, 0) is 4.79 Å². The zero-order valence-electron chi connectivity index (χ0n) is 14.5. The number of halogens is 2. The second kappa shape index (κ2) is 9.51. The van der Waals surface area contributed by atoms with Gasteiger partial charge in [0.05, 0.1) is 11.3 Å². The second-order valence-corrected chi connectivity index (χ2v) is 9.02. The average Bonchev–Trinajstić information content (AvgIpc) is 3.11. The van der Waals surface area contributed by atoms with E-state index in [9.17, 15) is 9.59 Å². The number of rotatable bonds is 6. The predicted molar refractivity (Wildman–Crippen MR) is 118 cm³/mol. The van der Waals surface area contributed by atoms with Crippen molar-refractivity contribution in [3.05, 3.63) is 63.1 Å². The maximum Gasteiger partial charge on any atom is 0.258 e. The number of aromatic nitrogens is 2. The molecule has 3 aromatic rings. The van der Waals surface area contributed by atoms with E-state index in [2.05, 4.69) is 36.8 Å². The van der Waals surface area contributed by atoms with E-state index in [1.807, 2.05) is 13.0 Å². The highest BCUT2D eigenvalue weighted by atomic mass is 79.9. The number of anilines is 2. The lowest BCUT2D eigenvalue weighted by molar-refractivity contribution is -0.113. The summed E-state index contributed by atoms with van der Waals surface area (Å²) >= 11 is 11.9. The Bertz CT molecular complexity index is 1030. The Kier molecular flexibility index (Phi) is 7.06. The molecule has 0 atom stereocenters. The minimum atomic E-state index is -0.283. The Morgan fingerprint density at radius 1 is 1.14 bits per heavy atom. The highest BCUT2D eigenvalue weighted by molar-refractivity contribution is 9.10. The molecule has 6 nitrogen and oxygen atoms in total. The van der Waals surface area contributed by atoms with Crippen molar-refractivity contribution in [3.8, 4) is 0 Å². The lowest BCUT2D eigenvalue weighted by atomic mass is 10.2. The van der Waals surface area contributed by atoms with Crippen LogP contribution in [-0.4, -0.2) is 27.8 Å². The molecule has 3 rings (SSSR count). The Balaban J connectivity index is 1.54. The van der Waals surface area contributed by atoms with Crippen LogP contribution in [0.2, 0.25) is 5.02 Å². The van der Waals surface area contributed by atoms with Crippen molar-refractivity contribution in [2.24, 2.45) is 0 Å². The second-order valence-electron chi connectivity index (χ2n) is 5.56. The standard InChI is InChI=1S/C18H14BrClN4O2S2/c1-10-13(20)7-4-8-14(10)21-15(25)9-27-18-24-23-17(28-18)22-16(26)11-5-2-3-6-12(11)19/h2-8H,9H2,1H3,(H,21,25)(H,22,23,26). The summed E-state index contributed by atoms with van der Waals surface area (Å²) in [6, 6.07) is 12.5. The topological polar surface area (TPSA) is 84.0 Å². The van der Waals surface area contributed by atoms with Crippen LogP contribution in [0.5, 0.6) is 0 Å². The van der Waals surface area contributed by atoms with Crippen LogP contribution in [0.25, 0.3) is 0 Å². The quantitative estimate of drug-likeness (QED) is 0.359. The zero-order valence-corrected chi connectivity index (χ0v) is 18.5. The third-order valence-corrected chi connectivity index (χ3v) is 6.69. The molecule has 0 aliphatic rings. The van der Waals surface area contributed by atoms with Crippen LogP contribution in [0.3, 0.4) is 0 Å². The normalized spacial score (nSPS) is 10.5. The van der Waals surface area contributed by atoms with Crippen LogP contribution in [0.1, 0.15) is 15.9 Å². The molecular weight excluding hydrogens is 484 g/mol. The molecule has 0 fully saturated rings. The summed E-state index contributed by atoms with van der Waals surface area (Å²) < 4.78 is 1.28. The summed E-state index contributed by atoms with van der Waals surface area (Å²) in [6.07, 6.45) is 0. The molecule has 0 bridgehead atoms. The predicted octanol–water partition coefficient (Wildman–Crippen LogP) is 5.25. The van der Waals surface area contributed by atoms with Gasteiger partial charge in [-0.2, -0.15) is 0 Å². The lowest BCUT2D eigenvalue weighted by Gasteiger charge is -2.08. The minimum Gasteiger partial charge on any atom is -0.325 e. The maximum atomic E-state index is 12.3. The summed E-state index contributed by atoms with van der Waals surface area (Å²) in [5, 5.41) is 14.5. The first-order chi connectivity index (χ1) is 13.4. The Morgan fingerprint density at radius 3 is 2.71 bits per heavy atom. The van der Waals surface area contributed by atoms with Crippen molar-refractivity contribution in [3.63, 3.8) is 0 Å². The first kappa shape index (κ1) is 20.8. The third kappa shape index (κ3) is 5.32. The first-order valence-corrected chi connectivity index (χ1v) is 11.0. The molecular formula is C18H14BrClN4O2S2. The van der Waals surface area contributed by atoms with E-state index in [0.29, 0.717) is 30.2 Å². The Labute approximate surface area is 183 Å². The molecule has 2 N–H and O–H groups in total. The molecule has 28 heavy (non-hydrogen) atoms. The number of thioether (sulfide) groups is 1. The van der Waals surface area contributed by atoms with E-state index < -0.39 is 0 Å². The number of nitrogens with zero attached hydrogens (tertiary/aromatic N) is 2. The Morgan fingerprint density at radius 2 is 1.93 bits per heavy atom. The molecule has 2 aromatic carbocycles. The van der Waals surface area contributed by atoms with Crippen molar-refractivity contribution < 1.29 is 9.59 Å². The molecule has 0 aliphatic carbocycles. The number of carbonyl (C=O) groups is 2. The van der Waals surface area contributed by atoms with E-state index >= 15 is 0 Å². The molecule has 144 valence electrons. The zero-order chi connectivity index (χ0) is 20.1. The monoisotopic (exact) mass is 496 g/mol. The smallest absolute Gasteiger partial charge is 0.258 e. The van der Waals surface area contributed by atoms with E-state index in [-0.39, 0.29) is 17.6 Å². The van der Waals surface area contributed by atoms with E-state index in [0.717, 1.165) is 5.56 Å². The van der Waals surface area contributed by atoms with Crippen LogP contribution in [0.15, 0.2) is 51.3 Å². The highest BCUT2D eigenvalue weighted by Crippen LogP contribution is 2.27. The summed E-state index contributed by atoms with van der Waals surface area (Å²) in [4.78, 5) is 24.5. The maximum absolute atomic E-state index is 12.3. The van der Waals surface area contributed by atoms with Gasteiger partial charge in [-0.05, 0) is 52.7 Å². The number of amides is 2. The van der Waals surface area contributed by atoms with Crippen LogP contribution < -0.4 is 10.6 Å². The van der Waals surface area contributed by atoms with Gasteiger partial charge in [0.25, 0.3) is 5.91 Å². The van der Waals surface area contributed by atoms with Crippen LogP contribution in [0.4, 0.5) is 10.8 Å². The fourth-order valence-electron chi connectivity index (χ4n) is 2.18. The molecule has 0 unspecified atom stereocenters. The summed E-state index contributed by atoms with van der Waals surface area (Å²) in [5.74, 6) is -0.294. The number of nitrogens with one attached hydrogen (secondary N) is 2. The molecule has 0 aliphatic heterocycles. The van der Waals surface area contributed by atoms with Gasteiger partial charge in [0.1, 0.15) is 0 Å². The van der Waals surface area contributed by atoms with E-state index in [4.69, 9.17) is 11.6 Å². The fraction of sp³-hybridized carbons (Fsp3) is 0.111. The Hall–Kier alpha value is -1.94. The highest BCUT2D eigenvalue weighted by Gasteiger charge is 2.14. The fourth-order valence-corrected chi connectivity index (χ4v) is 4.37. The lowest BCUT2D eigenvalue weighted by Crippen LogP contribution is -2.14. The molecule has 0 saturated carbocycles. The van der Waals surface area contributed by atoms with Crippen molar-refractivity contribution in [1.82, 2.24) is 10.2 Å². The van der Waals surface area contributed by atoms with Gasteiger partial charge >= 0.3 is 0 Å². The number of benzene rings is 2. The SMILES string of the molecule is Cc1c(Cl)cccc1NC(=O)CSc1nnc(NC(=O)c2ccccc2Br)s1. The number of carbonyl (C=O) groups excluding carboxylic acids is 2. The summed E-state index contributed by atoms with van der Waals surface area (Å²) in [5.41, 5.74) is 2.00. The number of hydrogen-bond donors (Lipinski definition) is 2. The van der Waals surface area contributed by atoms with Crippen LogP contribution >= 0.6 is 50.6 Å². The first-order valence-electron chi connectivity index (χ1n) is 8.01. The van der Waals surface area contributed by atoms with Gasteiger partial charge in [0.2, 0.25) is 11.0 Å². The van der Waals surface area contributed by atoms with Gasteiger partial charge in [0.15, 0.2) is 4.34 Å². The van der Waals surface area contributed by atoms with Crippen molar-refractivity contribution >= 4 is 73.3 Å². The molecule has 1 heterocycles. The molecule has 0 radical (unpaired) electrons. The van der Waals surface area contributed by atoms with Gasteiger partial charge in [-0.25, -0.2) is 0 Å². The van der Waals surface area contributed by atoms with Gasteiger partial charge < -0.3 is 5.32 Å². The third-order valence-electron chi connectivity index (χ3n) is 3.61.